The van der Waals surface area contributed by atoms with Crippen LogP contribution in [0, 0.1) is 20.8 Å². The fourth-order valence-corrected chi connectivity index (χ4v) is 3.42. The minimum atomic E-state index is -0.145. The minimum Gasteiger partial charge on any atom is -0.354 e. The van der Waals surface area contributed by atoms with Crippen molar-refractivity contribution in [2.45, 2.75) is 33.7 Å². The van der Waals surface area contributed by atoms with Crippen LogP contribution in [0.4, 0.5) is 0 Å². The predicted octanol–water partition coefficient (Wildman–Crippen LogP) is 3.29. The summed E-state index contributed by atoms with van der Waals surface area (Å²) in [6, 6.07) is 15.7. The van der Waals surface area contributed by atoms with Crippen molar-refractivity contribution in [1.82, 2.24) is 9.88 Å². The lowest BCUT2D eigenvalue weighted by molar-refractivity contribution is -0.121. The molecule has 1 aromatic heterocycles. The SMILES string of the molecule is Cc1cc(C)c2c(c1)c(C)cc(=O)n2CC(=O)NCCc1ccccc1. The van der Waals surface area contributed by atoms with E-state index in [0.717, 1.165) is 34.0 Å². The Morgan fingerprint density at radius 3 is 2.46 bits per heavy atom. The summed E-state index contributed by atoms with van der Waals surface area (Å²) in [5.41, 5.74) is 4.99. The maximum Gasteiger partial charge on any atom is 0.251 e. The number of fused-ring (bicyclic) bond motifs is 1. The van der Waals surface area contributed by atoms with Crippen molar-refractivity contribution < 1.29 is 4.79 Å². The summed E-state index contributed by atoms with van der Waals surface area (Å²) in [5, 5.41) is 3.95. The molecule has 0 radical (unpaired) electrons. The van der Waals surface area contributed by atoms with Crippen LogP contribution in [0.25, 0.3) is 10.9 Å². The van der Waals surface area contributed by atoms with Gasteiger partial charge in [0, 0.05) is 18.0 Å². The van der Waals surface area contributed by atoms with Gasteiger partial charge in [-0.2, -0.15) is 0 Å². The Balaban J connectivity index is 1.80. The molecule has 4 heteroatoms. The first kappa shape index (κ1) is 17.9. The molecule has 0 spiro atoms. The number of hydrogen-bond acceptors (Lipinski definition) is 2. The molecular formula is C22H24N2O2. The van der Waals surface area contributed by atoms with Crippen LogP contribution in [0.3, 0.4) is 0 Å². The second-order valence-electron chi connectivity index (χ2n) is 6.82. The van der Waals surface area contributed by atoms with Gasteiger partial charge in [0.2, 0.25) is 5.91 Å². The number of rotatable bonds is 5. The number of carbonyl (C=O) groups is 1. The summed E-state index contributed by atoms with van der Waals surface area (Å²) in [7, 11) is 0. The first-order valence-corrected chi connectivity index (χ1v) is 8.88. The van der Waals surface area contributed by atoms with Crippen molar-refractivity contribution in [3.8, 4) is 0 Å². The molecular weight excluding hydrogens is 324 g/mol. The van der Waals surface area contributed by atoms with E-state index in [9.17, 15) is 9.59 Å². The summed E-state index contributed by atoms with van der Waals surface area (Å²) in [6.45, 7) is 6.55. The summed E-state index contributed by atoms with van der Waals surface area (Å²) in [4.78, 5) is 24.9. The monoisotopic (exact) mass is 348 g/mol. The molecule has 3 aromatic rings. The van der Waals surface area contributed by atoms with Crippen molar-refractivity contribution in [2.24, 2.45) is 0 Å². The molecule has 1 N–H and O–H groups in total. The van der Waals surface area contributed by atoms with E-state index in [1.54, 1.807) is 10.6 Å². The molecule has 2 aromatic carbocycles. The number of benzene rings is 2. The maximum absolute atomic E-state index is 12.5. The molecule has 26 heavy (non-hydrogen) atoms. The molecule has 0 atom stereocenters. The quantitative estimate of drug-likeness (QED) is 0.769. The highest BCUT2D eigenvalue weighted by Gasteiger charge is 2.12. The average molecular weight is 348 g/mol. The fourth-order valence-electron chi connectivity index (χ4n) is 3.42. The van der Waals surface area contributed by atoms with Crippen molar-refractivity contribution >= 4 is 16.8 Å². The zero-order valence-corrected chi connectivity index (χ0v) is 15.5. The van der Waals surface area contributed by atoms with Crippen LogP contribution in [0.15, 0.2) is 53.3 Å². The Morgan fingerprint density at radius 1 is 1.00 bits per heavy atom. The first-order valence-electron chi connectivity index (χ1n) is 8.88. The lowest BCUT2D eigenvalue weighted by Crippen LogP contribution is -2.33. The third-order valence-electron chi connectivity index (χ3n) is 4.63. The van der Waals surface area contributed by atoms with Gasteiger partial charge in [-0.05, 0) is 49.9 Å². The van der Waals surface area contributed by atoms with Gasteiger partial charge in [-0.25, -0.2) is 0 Å². The number of carbonyl (C=O) groups excluding carboxylic acids is 1. The van der Waals surface area contributed by atoms with Crippen LogP contribution < -0.4 is 10.9 Å². The second kappa shape index (κ2) is 7.56. The third kappa shape index (κ3) is 3.85. The van der Waals surface area contributed by atoms with Crippen molar-refractivity contribution in [3.63, 3.8) is 0 Å². The van der Waals surface area contributed by atoms with Gasteiger partial charge in [-0.1, -0.05) is 42.0 Å². The number of nitrogens with zero attached hydrogens (tertiary/aromatic N) is 1. The van der Waals surface area contributed by atoms with E-state index in [4.69, 9.17) is 0 Å². The zero-order chi connectivity index (χ0) is 18.7. The highest BCUT2D eigenvalue weighted by Crippen LogP contribution is 2.22. The van der Waals surface area contributed by atoms with Gasteiger partial charge < -0.3 is 5.32 Å². The summed E-state index contributed by atoms with van der Waals surface area (Å²) in [6.07, 6.45) is 0.772. The molecule has 0 aliphatic rings. The van der Waals surface area contributed by atoms with E-state index >= 15 is 0 Å². The Kier molecular flexibility index (Phi) is 5.21. The normalized spacial score (nSPS) is 10.9. The van der Waals surface area contributed by atoms with Crippen LogP contribution in [-0.4, -0.2) is 17.0 Å². The lowest BCUT2D eigenvalue weighted by Gasteiger charge is -2.15. The van der Waals surface area contributed by atoms with Crippen LogP contribution in [0.1, 0.15) is 22.3 Å². The molecule has 0 saturated carbocycles. The molecule has 0 aliphatic carbocycles. The van der Waals surface area contributed by atoms with Gasteiger partial charge in [-0.15, -0.1) is 0 Å². The van der Waals surface area contributed by atoms with Crippen LogP contribution >= 0.6 is 0 Å². The molecule has 3 rings (SSSR count). The van der Waals surface area contributed by atoms with Crippen LogP contribution in [0.2, 0.25) is 0 Å². The number of hydrogen-bond donors (Lipinski definition) is 1. The summed E-state index contributed by atoms with van der Waals surface area (Å²) < 4.78 is 1.58. The molecule has 1 amide bonds. The van der Waals surface area contributed by atoms with Gasteiger partial charge in [0.05, 0.1) is 5.52 Å². The Labute approximate surface area is 153 Å². The molecule has 4 nitrogen and oxygen atoms in total. The molecule has 134 valence electrons. The number of aryl methyl sites for hydroxylation is 3. The van der Waals surface area contributed by atoms with Gasteiger partial charge in [0.15, 0.2) is 0 Å². The van der Waals surface area contributed by atoms with Crippen molar-refractivity contribution in [3.05, 3.63) is 81.1 Å². The van der Waals surface area contributed by atoms with E-state index in [1.807, 2.05) is 57.2 Å². The van der Waals surface area contributed by atoms with Crippen LogP contribution in [0.5, 0.6) is 0 Å². The number of amides is 1. The second-order valence-corrected chi connectivity index (χ2v) is 6.82. The smallest absolute Gasteiger partial charge is 0.251 e. The average Bonchev–Trinajstić information content (AvgIpc) is 2.59. The van der Waals surface area contributed by atoms with Gasteiger partial charge >= 0.3 is 0 Å². The maximum atomic E-state index is 12.5. The van der Waals surface area contributed by atoms with Gasteiger partial charge in [0.1, 0.15) is 6.54 Å². The fraction of sp³-hybridized carbons (Fsp3) is 0.273. The largest absolute Gasteiger partial charge is 0.354 e. The number of nitrogens with one attached hydrogen (secondary N) is 1. The summed E-state index contributed by atoms with van der Waals surface area (Å²) >= 11 is 0. The minimum absolute atomic E-state index is 0.0360. The number of aromatic nitrogens is 1. The number of pyridine rings is 1. The Morgan fingerprint density at radius 2 is 1.73 bits per heavy atom. The van der Waals surface area contributed by atoms with E-state index < -0.39 is 0 Å². The topological polar surface area (TPSA) is 51.1 Å². The van der Waals surface area contributed by atoms with Crippen molar-refractivity contribution in [1.29, 1.82) is 0 Å². The molecule has 0 bridgehead atoms. The highest BCUT2D eigenvalue weighted by atomic mass is 16.2. The lowest BCUT2D eigenvalue weighted by atomic mass is 10.0. The van der Waals surface area contributed by atoms with Crippen molar-refractivity contribution in [2.75, 3.05) is 6.54 Å². The zero-order valence-electron chi connectivity index (χ0n) is 15.5. The molecule has 0 fully saturated rings. The Hall–Kier alpha value is -2.88. The predicted molar refractivity (Wildman–Crippen MR) is 106 cm³/mol. The van der Waals surface area contributed by atoms with E-state index in [-0.39, 0.29) is 18.0 Å². The molecule has 0 saturated heterocycles. The standard InChI is InChI=1S/C22H24N2O2/c1-15-11-17(3)22-19(12-15)16(2)13-21(26)24(22)14-20(25)23-10-9-18-7-5-4-6-8-18/h4-8,11-13H,9-10,14H2,1-3H3,(H,23,25). The summed E-state index contributed by atoms with van der Waals surface area (Å²) in [5.74, 6) is -0.145. The molecule has 1 heterocycles. The Bertz CT molecular complexity index is 1000. The highest BCUT2D eigenvalue weighted by molar-refractivity contribution is 5.87. The van der Waals surface area contributed by atoms with Gasteiger partial charge in [0.25, 0.3) is 5.56 Å². The van der Waals surface area contributed by atoms with Crippen LogP contribution in [-0.2, 0) is 17.8 Å². The molecule has 0 unspecified atom stereocenters. The van der Waals surface area contributed by atoms with E-state index in [2.05, 4.69) is 11.4 Å². The molecule has 0 aliphatic heterocycles. The first-order chi connectivity index (χ1) is 12.5. The van der Waals surface area contributed by atoms with E-state index in [1.165, 1.54) is 5.56 Å². The van der Waals surface area contributed by atoms with E-state index in [0.29, 0.717) is 6.54 Å². The third-order valence-corrected chi connectivity index (χ3v) is 4.63. The van der Waals surface area contributed by atoms with Gasteiger partial charge in [-0.3, -0.25) is 14.2 Å².